The molecule has 3 atom stereocenters. The maximum atomic E-state index is 12.3. The molecule has 4 nitrogen and oxygen atoms in total. The van der Waals surface area contributed by atoms with E-state index in [1.54, 1.807) is 6.20 Å². The lowest BCUT2D eigenvalue weighted by Gasteiger charge is -2.26. The number of nitrogens with one attached hydrogen (secondary N) is 1. The molecule has 1 aromatic rings. The Balaban J connectivity index is 0.00000156. The van der Waals surface area contributed by atoms with Gasteiger partial charge in [0.25, 0.3) is 0 Å². The number of fused-ring (bicyclic) bond motifs is 3. The van der Waals surface area contributed by atoms with Gasteiger partial charge in [0.1, 0.15) is 5.56 Å². The molecule has 5 heteroatoms. The summed E-state index contributed by atoms with van der Waals surface area (Å²) in [6.07, 6.45) is 12.0. The number of anilines is 1. The predicted octanol–water partition coefficient (Wildman–Crippen LogP) is 3.85. The fourth-order valence-electron chi connectivity index (χ4n) is 4.32. The van der Waals surface area contributed by atoms with Crippen molar-refractivity contribution in [1.29, 1.82) is 0 Å². The quantitative estimate of drug-likeness (QED) is 0.850. The first kappa shape index (κ1) is 16.3. The Morgan fingerprint density at radius 1 is 1.39 bits per heavy atom. The first-order chi connectivity index (χ1) is 10.8. The first-order valence-corrected chi connectivity index (χ1v) is 8.38. The van der Waals surface area contributed by atoms with Crippen LogP contribution < -0.4 is 5.32 Å². The van der Waals surface area contributed by atoms with Crippen molar-refractivity contribution in [1.82, 2.24) is 4.98 Å². The molecule has 3 aliphatic rings. The van der Waals surface area contributed by atoms with Gasteiger partial charge in [0, 0.05) is 24.2 Å². The summed E-state index contributed by atoms with van der Waals surface area (Å²) in [6, 6.07) is 0.493. The van der Waals surface area contributed by atoms with Crippen LogP contribution in [0.5, 0.6) is 0 Å². The molecule has 23 heavy (non-hydrogen) atoms. The van der Waals surface area contributed by atoms with Crippen LogP contribution >= 0.6 is 12.4 Å². The number of allylic oxidation sites excluding steroid dienone is 1. The highest BCUT2D eigenvalue weighted by atomic mass is 35.5. The van der Waals surface area contributed by atoms with Crippen LogP contribution in [0.15, 0.2) is 12.3 Å². The number of rotatable bonds is 4. The average molecular weight is 335 g/mol. The van der Waals surface area contributed by atoms with E-state index in [0.717, 1.165) is 35.2 Å². The number of nitrogens with zero attached hydrogens (tertiary/aromatic N) is 1. The molecule has 1 aromatic heterocycles. The summed E-state index contributed by atoms with van der Waals surface area (Å²) in [7, 11) is 0. The minimum absolute atomic E-state index is 0. The largest absolute Gasteiger partial charge is 0.462 e. The van der Waals surface area contributed by atoms with Crippen LogP contribution in [0.4, 0.5) is 5.69 Å². The topological polar surface area (TPSA) is 51.2 Å². The van der Waals surface area contributed by atoms with Crippen LogP contribution in [-0.4, -0.2) is 23.6 Å². The summed E-state index contributed by atoms with van der Waals surface area (Å²) in [6.45, 7) is 2.22. The Kier molecular flexibility index (Phi) is 4.62. The van der Waals surface area contributed by atoms with Crippen LogP contribution in [0.3, 0.4) is 0 Å². The molecule has 1 N–H and O–H groups in total. The van der Waals surface area contributed by atoms with E-state index in [9.17, 15) is 4.79 Å². The van der Waals surface area contributed by atoms with Gasteiger partial charge >= 0.3 is 5.97 Å². The average Bonchev–Trinajstić information content (AvgIpc) is 3.23. The molecule has 3 aliphatic carbocycles. The number of esters is 1. The van der Waals surface area contributed by atoms with Crippen molar-refractivity contribution in [2.24, 2.45) is 11.8 Å². The number of hydrogen-bond acceptors (Lipinski definition) is 4. The third-order valence-electron chi connectivity index (χ3n) is 5.36. The van der Waals surface area contributed by atoms with Crippen molar-refractivity contribution >= 4 is 30.1 Å². The molecule has 2 fully saturated rings. The number of carbonyl (C=O) groups is 1. The lowest BCUT2D eigenvalue weighted by atomic mass is 9.94. The highest BCUT2D eigenvalue weighted by Crippen LogP contribution is 2.46. The van der Waals surface area contributed by atoms with Crippen molar-refractivity contribution < 1.29 is 9.53 Å². The molecule has 0 saturated heterocycles. The molecule has 2 saturated carbocycles. The third kappa shape index (κ3) is 2.85. The molecule has 2 bridgehead atoms. The second-order valence-corrected chi connectivity index (χ2v) is 6.66. The van der Waals surface area contributed by atoms with Gasteiger partial charge in [0.2, 0.25) is 0 Å². The van der Waals surface area contributed by atoms with Crippen molar-refractivity contribution in [2.75, 3.05) is 11.9 Å². The van der Waals surface area contributed by atoms with Gasteiger partial charge in [-0.1, -0.05) is 18.6 Å². The fourth-order valence-corrected chi connectivity index (χ4v) is 4.32. The van der Waals surface area contributed by atoms with E-state index in [-0.39, 0.29) is 18.4 Å². The van der Waals surface area contributed by atoms with E-state index >= 15 is 0 Å². The molecule has 0 radical (unpaired) electrons. The minimum atomic E-state index is -0.274. The van der Waals surface area contributed by atoms with E-state index in [2.05, 4.69) is 22.5 Å². The number of ether oxygens (including phenoxy) is 1. The van der Waals surface area contributed by atoms with E-state index < -0.39 is 0 Å². The number of carbonyl (C=O) groups excluding carboxylic acids is 1. The number of aromatic nitrogens is 1. The maximum Gasteiger partial charge on any atom is 0.341 e. The summed E-state index contributed by atoms with van der Waals surface area (Å²) in [5, 5.41) is 3.69. The lowest BCUT2D eigenvalue weighted by Crippen LogP contribution is -2.27. The molecule has 0 aromatic carbocycles. The SMILES string of the molecule is CCOC(=O)c1cnc2c(c1N[C@H]1C[C@H]3CC[C@@H]1C3)C=CC2.Cl. The van der Waals surface area contributed by atoms with E-state index in [1.807, 2.05) is 6.92 Å². The second-order valence-electron chi connectivity index (χ2n) is 6.66. The van der Waals surface area contributed by atoms with Gasteiger partial charge in [-0.05, 0) is 38.0 Å². The summed E-state index contributed by atoms with van der Waals surface area (Å²) >= 11 is 0. The standard InChI is InChI=1S/C18H22N2O2.ClH/c1-2-22-18(21)14-10-19-15-5-3-4-13(15)17(14)20-16-9-11-6-7-12(16)8-11;/h3-4,10-12,16H,2,5-9H2,1H3,(H,19,20);1H/t11-,12+,16-;/m0./s1. The van der Waals surface area contributed by atoms with Gasteiger partial charge in [-0.15, -0.1) is 12.4 Å². The zero-order chi connectivity index (χ0) is 15.1. The number of pyridine rings is 1. The molecule has 124 valence electrons. The molecular formula is C18H23ClN2O2. The second kappa shape index (κ2) is 6.52. The Bertz CT molecular complexity index is 644. The molecule has 1 heterocycles. The van der Waals surface area contributed by atoms with Crippen LogP contribution in [0.25, 0.3) is 6.08 Å². The highest BCUT2D eigenvalue weighted by Gasteiger charge is 2.40. The summed E-state index contributed by atoms with van der Waals surface area (Å²) < 4.78 is 5.21. The van der Waals surface area contributed by atoms with Gasteiger partial charge in [-0.25, -0.2) is 4.79 Å². The van der Waals surface area contributed by atoms with Crippen LogP contribution in [0.2, 0.25) is 0 Å². The Morgan fingerprint density at radius 2 is 2.26 bits per heavy atom. The monoisotopic (exact) mass is 334 g/mol. The van der Waals surface area contributed by atoms with Crippen LogP contribution in [0, 0.1) is 11.8 Å². The van der Waals surface area contributed by atoms with Gasteiger partial charge in [0.05, 0.1) is 18.0 Å². The van der Waals surface area contributed by atoms with E-state index in [1.165, 1.54) is 25.7 Å². The molecule has 0 unspecified atom stereocenters. The zero-order valence-electron chi connectivity index (χ0n) is 13.4. The molecule has 0 amide bonds. The first-order valence-electron chi connectivity index (χ1n) is 8.38. The van der Waals surface area contributed by atoms with Gasteiger partial charge in [-0.2, -0.15) is 0 Å². The predicted molar refractivity (Wildman–Crippen MR) is 93.0 cm³/mol. The van der Waals surface area contributed by atoms with Crippen molar-refractivity contribution in [2.45, 2.75) is 45.1 Å². The normalized spacial score (nSPS) is 26.7. The highest BCUT2D eigenvalue weighted by molar-refractivity contribution is 5.98. The summed E-state index contributed by atoms with van der Waals surface area (Å²) in [5.41, 5.74) is 3.65. The van der Waals surface area contributed by atoms with E-state index in [0.29, 0.717) is 18.2 Å². The Morgan fingerprint density at radius 3 is 2.96 bits per heavy atom. The third-order valence-corrected chi connectivity index (χ3v) is 5.36. The molecule has 0 spiro atoms. The summed E-state index contributed by atoms with van der Waals surface area (Å²) in [4.78, 5) is 16.7. The van der Waals surface area contributed by atoms with Gasteiger partial charge in [-0.3, -0.25) is 4.98 Å². The number of halogens is 1. The number of hydrogen-bond donors (Lipinski definition) is 1. The molecular weight excluding hydrogens is 312 g/mol. The zero-order valence-corrected chi connectivity index (χ0v) is 14.2. The van der Waals surface area contributed by atoms with Crippen LogP contribution in [0.1, 0.15) is 54.2 Å². The Labute approximate surface area is 143 Å². The van der Waals surface area contributed by atoms with Gasteiger partial charge < -0.3 is 10.1 Å². The van der Waals surface area contributed by atoms with E-state index in [4.69, 9.17) is 4.74 Å². The van der Waals surface area contributed by atoms with Crippen molar-refractivity contribution in [3.63, 3.8) is 0 Å². The van der Waals surface area contributed by atoms with Crippen LogP contribution in [-0.2, 0) is 11.2 Å². The van der Waals surface area contributed by atoms with Gasteiger partial charge in [0.15, 0.2) is 0 Å². The smallest absolute Gasteiger partial charge is 0.341 e. The van der Waals surface area contributed by atoms with Crippen molar-refractivity contribution in [3.05, 3.63) is 29.1 Å². The van der Waals surface area contributed by atoms with Crippen molar-refractivity contribution in [3.8, 4) is 0 Å². The summed E-state index contributed by atoms with van der Waals surface area (Å²) in [5.74, 6) is 1.36. The fraction of sp³-hybridized carbons (Fsp3) is 0.556. The molecule has 0 aliphatic heterocycles. The Hall–Kier alpha value is -1.55. The lowest BCUT2D eigenvalue weighted by molar-refractivity contribution is 0.0527. The maximum absolute atomic E-state index is 12.3. The molecule has 4 rings (SSSR count). The minimum Gasteiger partial charge on any atom is -0.462 e.